The molecule has 0 bridgehead atoms. The van der Waals surface area contributed by atoms with Gasteiger partial charge in [0.15, 0.2) is 0 Å². The zero-order valence-electron chi connectivity index (χ0n) is 16.0. The molecule has 0 aliphatic carbocycles. The Kier molecular flexibility index (Phi) is 4.83. The summed E-state index contributed by atoms with van der Waals surface area (Å²) < 4.78 is 27.1. The molecule has 0 unspecified atom stereocenters. The number of carbonyl (C=O) groups excluding carboxylic acids is 1. The van der Waals surface area contributed by atoms with Crippen molar-refractivity contribution >= 4 is 38.7 Å². The number of sulfonamides is 1. The third-order valence-electron chi connectivity index (χ3n) is 5.01. The van der Waals surface area contributed by atoms with E-state index in [0.29, 0.717) is 17.9 Å². The average Bonchev–Trinajstić information content (AvgIpc) is 3.23. The van der Waals surface area contributed by atoms with Crippen LogP contribution in [0.2, 0.25) is 0 Å². The predicted molar refractivity (Wildman–Crippen MR) is 111 cm³/mol. The molecule has 4 rings (SSSR count). The van der Waals surface area contributed by atoms with E-state index < -0.39 is 16.1 Å². The quantitative estimate of drug-likeness (QED) is 0.598. The molecule has 2 aromatic carbocycles. The molecule has 0 saturated heterocycles. The van der Waals surface area contributed by atoms with Crippen LogP contribution in [0.3, 0.4) is 0 Å². The number of amidine groups is 1. The molecule has 1 aliphatic heterocycles. The molecule has 2 heterocycles. The number of hydrogen-bond acceptors (Lipinski definition) is 5. The highest BCUT2D eigenvalue weighted by Crippen LogP contribution is 2.24. The number of rotatable bonds is 5. The topological polar surface area (TPSA) is 116 Å². The summed E-state index contributed by atoms with van der Waals surface area (Å²) in [5.41, 5.74) is 2.02. The van der Waals surface area contributed by atoms with E-state index in [-0.39, 0.29) is 22.6 Å². The maximum absolute atomic E-state index is 13.0. The molecule has 150 valence electrons. The van der Waals surface area contributed by atoms with Crippen molar-refractivity contribution in [2.45, 2.75) is 31.2 Å². The highest BCUT2D eigenvalue weighted by molar-refractivity contribution is 7.90. The standard InChI is InChI=1S/C20H21N5O3S/c1-3-12(2)17(19(26)24-20-21-14-9-5-6-10-15(14)22-20)23-18-13-8-4-7-11-16(13)29(27,28)25-18/h4-12,17H,3H2,1-2H3,(H,23,25)(H2,21,22,24,26)/t12-,17-/m0/s1. The maximum Gasteiger partial charge on any atom is 0.263 e. The first-order valence-corrected chi connectivity index (χ1v) is 10.8. The van der Waals surface area contributed by atoms with Gasteiger partial charge in [-0.25, -0.2) is 13.4 Å². The Morgan fingerprint density at radius 3 is 2.66 bits per heavy atom. The fourth-order valence-electron chi connectivity index (χ4n) is 3.24. The van der Waals surface area contributed by atoms with Crippen LogP contribution in [0.5, 0.6) is 0 Å². The fourth-order valence-corrected chi connectivity index (χ4v) is 4.48. The number of amides is 1. The van der Waals surface area contributed by atoms with Gasteiger partial charge in [0.2, 0.25) is 5.95 Å². The van der Waals surface area contributed by atoms with Gasteiger partial charge < -0.3 is 4.98 Å². The molecular formula is C20H21N5O3S. The molecule has 1 aromatic heterocycles. The van der Waals surface area contributed by atoms with Gasteiger partial charge in [-0.15, -0.1) is 0 Å². The summed E-state index contributed by atoms with van der Waals surface area (Å²) in [6, 6.07) is 13.3. The second-order valence-corrected chi connectivity index (χ2v) is 8.65. The number of aliphatic imine (C=N–C) groups is 1. The van der Waals surface area contributed by atoms with Crippen LogP contribution in [0.4, 0.5) is 5.95 Å². The smallest absolute Gasteiger partial charge is 0.263 e. The fraction of sp³-hybridized carbons (Fsp3) is 0.250. The van der Waals surface area contributed by atoms with Gasteiger partial charge in [0.1, 0.15) is 11.9 Å². The first-order valence-electron chi connectivity index (χ1n) is 9.34. The van der Waals surface area contributed by atoms with Gasteiger partial charge in [0, 0.05) is 5.56 Å². The van der Waals surface area contributed by atoms with Crippen molar-refractivity contribution in [3.63, 3.8) is 0 Å². The van der Waals surface area contributed by atoms with E-state index in [1.165, 1.54) is 6.07 Å². The number of H-pyrrole nitrogens is 1. The van der Waals surface area contributed by atoms with Crippen LogP contribution in [0.15, 0.2) is 58.4 Å². The van der Waals surface area contributed by atoms with E-state index in [0.717, 1.165) is 11.0 Å². The summed E-state index contributed by atoms with van der Waals surface area (Å²) in [5, 5.41) is 2.78. The lowest BCUT2D eigenvalue weighted by molar-refractivity contribution is -0.118. The molecule has 3 N–H and O–H groups in total. The zero-order valence-corrected chi connectivity index (χ0v) is 16.8. The molecule has 0 spiro atoms. The summed E-state index contributed by atoms with van der Waals surface area (Å²) >= 11 is 0. The van der Waals surface area contributed by atoms with Gasteiger partial charge in [-0.1, -0.05) is 44.5 Å². The van der Waals surface area contributed by atoms with Gasteiger partial charge in [0.05, 0.1) is 15.9 Å². The number of carbonyl (C=O) groups is 1. The Balaban J connectivity index is 1.66. The van der Waals surface area contributed by atoms with E-state index in [1.54, 1.807) is 18.2 Å². The number of nitrogens with one attached hydrogen (secondary N) is 3. The van der Waals surface area contributed by atoms with Crippen LogP contribution in [-0.4, -0.2) is 36.2 Å². The zero-order chi connectivity index (χ0) is 20.6. The highest BCUT2D eigenvalue weighted by Gasteiger charge is 2.33. The lowest BCUT2D eigenvalue weighted by Gasteiger charge is -2.18. The third kappa shape index (κ3) is 3.61. The van der Waals surface area contributed by atoms with Crippen LogP contribution < -0.4 is 10.0 Å². The minimum absolute atomic E-state index is 0.107. The molecule has 29 heavy (non-hydrogen) atoms. The van der Waals surface area contributed by atoms with E-state index in [2.05, 4.69) is 25.0 Å². The van der Waals surface area contributed by atoms with Crippen LogP contribution in [0.25, 0.3) is 11.0 Å². The number of aromatic nitrogens is 2. The number of para-hydroxylation sites is 2. The lowest BCUT2D eigenvalue weighted by Crippen LogP contribution is -2.35. The minimum Gasteiger partial charge on any atom is -0.324 e. The second-order valence-electron chi connectivity index (χ2n) is 7.00. The number of aromatic amines is 1. The maximum atomic E-state index is 13.0. The summed E-state index contributed by atoms with van der Waals surface area (Å²) in [5.74, 6) is 0.0568. The number of anilines is 1. The highest BCUT2D eigenvalue weighted by atomic mass is 32.2. The van der Waals surface area contributed by atoms with E-state index >= 15 is 0 Å². The van der Waals surface area contributed by atoms with Crippen molar-refractivity contribution in [3.8, 4) is 0 Å². The second kappa shape index (κ2) is 7.32. The van der Waals surface area contributed by atoms with Crippen LogP contribution in [0.1, 0.15) is 25.8 Å². The Hall–Kier alpha value is -3.20. The number of benzene rings is 2. The van der Waals surface area contributed by atoms with Crippen molar-refractivity contribution in [3.05, 3.63) is 54.1 Å². The van der Waals surface area contributed by atoms with Crippen LogP contribution in [0, 0.1) is 5.92 Å². The number of hydrogen-bond donors (Lipinski definition) is 3. The van der Waals surface area contributed by atoms with Crippen molar-refractivity contribution in [1.29, 1.82) is 0 Å². The van der Waals surface area contributed by atoms with Crippen molar-refractivity contribution < 1.29 is 13.2 Å². The Bertz CT molecular complexity index is 1180. The Morgan fingerprint density at radius 1 is 1.17 bits per heavy atom. The van der Waals surface area contributed by atoms with Gasteiger partial charge in [-0.05, 0) is 30.2 Å². The minimum atomic E-state index is -3.67. The summed E-state index contributed by atoms with van der Waals surface area (Å²) in [6.45, 7) is 3.86. The first kappa shape index (κ1) is 19.1. The number of nitrogens with zero attached hydrogens (tertiary/aromatic N) is 2. The molecule has 0 saturated carbocycles. The summed E-state index contributed by atoms with van der Waals surface area (Å²) in [6.07, 6.45) is 0.698. The molecular weight excluding hydrogens is 390 g/mol. The SMILES string of the molecule is CC[C@H](C)[C@H](N=C1NS(=O)(=O)c2ccccc21)C(=O)Nc1nc2ccccc2[nH]1. The molecule has 0 fully saturated rings. The van der Waals surface area contributed by atoms with Gasteiger partial charge in [0.25, 0.3) is 15.9 Å². The van der Waals surface area contributed by atoms with Crippen LogP contribution in [-0.2, 0) is 14.8 Å². The largest absolute Gasteiger partial charge is 0.324 e. The molecule has 9 heteroatoms. The van der Waals surface area contributed by atoms with Gasteiger partial charge in [-0.3, -0.25) is 19.8 Å². The summed E-state index contributed by atoms with van der Waals surface area (Å²) in [4.78, 5) is 25.1. The molecule has 1 amide bonds. The third-order valence-corrected chi connectivity index (χ3v) is 6.41. The number of imidazole rings is 1. The number of fused-ring (bicyclic) bond motifs is 2. The molecule has 1 aliphatic rings. The molecule has 8 nitrogen and oxygen atoms in total. The van der Waals surface area contributed by atoms with Gasteiger partial charge in [-0.2, -0.15) is 0 Å². The lowest BCUT2D eigenvalue weighted by atomic mass is 9.99. The molecule has 2 atom stereocenters. The van der Waals surface area contributed by atoms with Crippen molar-refractivity contribution in [2.75, 3.05) is 5.32 Å². The van der Waals surface area contributed by atoms with E-state index in [1.807, 2.05) is 38.1 Å². The normalized spacial score (nSPS) is 18.2. The Morgan fingerprint density at radius 2 is 1.90 bits per heavy atom. The first-order chi connectivity index (χ1) is 13.9. The molecule has 0 radical (unpaired) electrons. The van der Waals surface area contributed by atoms with Crippen molar-refractivity contribution in [2.24, 2.45) is 10.9 Å². The van der Waals surface area contributed by atoms with E-state index in [4.69, 9.17) is 0 Å². The van der Waals surface area contributed by atoms with E-state index in [9.17, 15) is 13.2 Å². The Labute approximate surface area is 168 Å². The van der Waals surface area contributed by atoms with Crippen molar-refractivity contribution in [1.82, 2.24) is 14.7 Å². The molecule has 3 aromatic rings. The predicted octanol–water partition coefficient (Wildman–Crippen LogP) is 2.65. The van der Waals surface area contributed by atoms with Gasteiger partial charge >= 0.3 is 0 Å². The average molecular weight is 411 g/mol. The summed E-state index contributed by atoms with van der Waals surface area (Å²) in [7, 11) is -3.67. The monoisotopic (exact) mass is 411 g/mol. The van der Waals surface area contributed by atoms with Crippen LogP contribution >= 0.6 is 0 Å².